The second kappa shape index (κ2) is 11.7. The van der Waals surface area contributed by atoms with E-state index < -0.39 is 23.8 Å². The molecule has 1 unspecified atom stereocenters. The Balaban J connectivity index is 1.80. The molecule has 4 rings (SSSR count). The molecule has 3 atom stereocenters. The molecule has 1 heterocycles. The van der Waals surface area contributed by atoms with Gasteiger partial charge in [-0.15, -0.1) is 0 Å². The van der Waals surface area contributed by atoms with Crippen LogP contribution in [0.15, 0.2) is 52.7 Å². The Morgan fingerprint density at radius 1 is 0.897 bits per heavy atom. The van der Waals surface area contributed by atoms with Crippen LogP contribution in [0.5, 0.6) is 23.0 Å². The fourth-order valence-corrected chi connectivity index (χ4v) is 5.42. The van der Waals surface area contributed by atoms with E-state index >= 15 is 0 Å². The van der Waals surface area contributed by atoms with Gasteiger partial charge in [-0.1, -0.05) is 12.1 Å². The first-order chi connectivity index (χ1) is 18.7. The first-order valence-electron chi connectivity index (χ1n) is 12.8. The number of rotatable bonds is 8. The molecule has 0 spiro atoms. The van der Waals surface area contributed by atoms with Gasteiger partial charge in [-0.3, -0.25) is 19.4 Å². The topological polar surface area (TPSA) is 110 Å². The lowest BCUT2D eigenvalue weighted by atomic mass is 9.69. The smallest absolute Gasteiger partial charge is 0.315 e. The summed E-state index contributed by atoms with van der Waals surface area (Å²) >= 11 is 0. The van der Waals surface area contributed by atoms with Gasteiger partial charge >= 0.3 is 11.9 Å². The van der Waals surface area contributed by atoms with Gasteiger partial charge in [0.25, 0.3) is 0 Å². The van der Waals surface area contributed by atoms with Crippen LogP contribution < -0.4 is 18.9 Å². The van der Waals surface area contributed by atoms with Crippen molar-refractivity contribution < 1.29 is 38.1 Å². The Labute approximate surface area is 227 Å². The minimum atomic E-state index is -0.783. The van der Waals surface area contributed by atoms with Crippen LogP contribution in [0.3, 0.4) is 0 Å². The summed E-state index contributed by atoms with van der Waals surface area (Å²) in [6.07, 6.45) is 0.764. The molecule has 2 aromatic rings. The Morgan fingerprint density at radius 2 is 1.51 bits per heavy atom. The van der Waals surface area contributed by atoms with E-state index in [1.807, 2.05) is 18.2 Å². The van der Waals surface area contributed by atoms with Gasteiger partial charge in [0.1, 0.15) is 5.92 Å². The molecule has 9 heteroatoms. The number of carbonyl (C=O) groups excluding carboxylic acids is 3. The minimum absolute atomic E-state index is 0.0883. The standard InChI is InChI=1S/C30H33NO8/c1-7-38-30(34)27-16(2)31-21-12-20(18-8-10-23(35-4)25(14-18)36-5)13-22(33)29(21)28(27)19-9-11-24(39-17(3)32)26(15-19)37-6/h8-11,14-15,20,27-28H,7,12-13H2,1-6H3/t20-,27?,28-/m0/s1. The monoisotopic (exact) mass is 535 g/mol. The molecule has 2 aromatic carbocycles. The summed E-state index contributed by atoms with van der Waals surface area (Å²) in [5.74, 6) is -0.787. The maximum absolute atomic E-state index is 13.8. The number of ketones is 1. The summed E-state index contributed by atoms with van der Waals surface area (Å²) in [6, 6.07) is 10.7. The summed E-state index contributed by atoms with van der Waals surface area (Å²) in [4.78, 5) is 43.4. The van der Waals surface area contributed by atoms with Crippen molar-refractivity contribution >= 4 is 23.4 Å². The SMILES string of the molecule is CCOC(=O)C1C(C)=NC2=C(C(=O)C[C@@H](c3ccc(OC)c(OC)c3)C2)[C@H]1c1ccc(OC(C)=O)c(OC)c1. The van der Waals surface area contributed by atoms with Crippen LogP contribution in [0.4, 0.5) is 0 Å². The number of Topliss-reactive ketones (excluding diaryl/α,β-unsaturated/α-hetero) is 1. The maximum Gasteiger partial charge on any atom is 0.315 e. The van der Waals surface area contributed by atoms with Gasteiger partial charge in [0.05, 0.1) is 27.9 Å². The van der Waals surface area contributed by atoms with Crippen molar-refractivity contribution in [2.45, 2.75) is 45.4 Å². The van der Waals surface area contributed by atoms with Gasteiger partial charge in [-0.2, -0.15) is 0 Å². The van der Waals surface area contributed by atoms with E-state index in [9.17, 15) is 14.4 Å². The fourth-order valence-electron chi connectivity index (χ4n) is 5.42. The molecule has 39 heavy (non-hydrogen) atoms. The van der Waals surface area contributed by atoms with E-state index in [1.54, 1.807) is 46.3 Å². The number of hydrogen-bond acceptors (Lipinski definition) is 9. The normalized spacial score (nSPS) is 20.5. The molecule has 2 aliphatic rings. The van der Waals surface area contributed by atoms with Crippen LogP contribution in [0.25, 0.3) is 0 Å². The third-order valence-corrected chi connectivity index (χ3v) is 7.11. The number of benzene rings is 2. The quantitative estimate of drug-likeness (QED) is 0.351. The van der Waals surface area contributed by atoms with Gasteiger partial charge in [0, 0.05) is 36.2 Å². The molecule has 0 radical (unpaired) electrons. The zero-order chi connectivity index (χ0) is 28.3. The predicted octanol–water partition coefficient (Wildman–Crippen LogP) is 4.78. The highest BCUT2D eigenvalue weighted by Gasteiger charge is 2.45. The lowest BCUT2D eigenvalue weighted by Gasteiger charge is -2.36. The molecule has 206 valence electrons. The van der Waals surface area contributed by atoms with Crippen molar-refractivity contribution in [3.8, 4) is 23.0 Å². The highest BCUT2D eigenvalue weighted by Crippen LogP contribution is 2.48. The summed E-state index contributed by atoms with van der Waals surface area (Å²) in [5, 5.41) is 0. The van der Waals surface area contributed by atoms with Crippen molar-refractivity contribution in [3.63, 3.8) is 0 Å². The average molecular weight is 536 g/mol. The Hall–Kier alpha value is -4.14. The van der Waals surface area contributed by atoms with Gasteiger partial charge in [0.15, 0.2) is 28.8 Å². The van der Waals surface area contributed by atoms with E-state index in [2.05, 4.69) is 0 Å². The van der Waals surface area contributed by atoms with Gasteiger partial charge in [-0.25, -0.2) is 0 Å². The highest BCUT2D eigenvalue weighted by molar-refractivity contribution is 6.09. The molecule has 0 fully saturated rings. The third kappa shape index (κ3) is 5.53. The van der Waals surface area contributed by atoms with Crippen LogP contribution in [-0.2, 0) is 19.1 Å². The minimum Gasteiger partial charge on any atom is -0.493 e. The number of esters is 2. The number of methoxy groups -OCH3 is 3. The van der Waals surface area contributed by atoms with Crippen molar-refractivity contribution in [2.24, 2.45) is 10.9 Å². The fraction of sp³-hybridized carbons (Fsp3) is 0.400. The van der Waals surface area contributed by atoms with Gasteiger partial charge in [0.2, 0.25) is 0 Å². The number of ether oxygens (including phenoxy) is 5. The van der Waals surface area contributed by atoms with Crippen LogP contribution in [0.2, 0.25) is 0 Å². The van der Waals surface area contributed by atoms with Crippen LogP contribution >= 0.6 is 0 Å². The van der Waals surface area contributed by atoms with E-state index in [1.165, 1.54) is 14.0 Å². The molecule has 0 N–H and O–H groups in total. The maximum atomic E-state index is 13.8. The number of aliphatic imine (C=N–C) groups is 1. The molecule has 0 saturated carbocycles. The van der Waals surface area contributed by atoms with Crippen LogP contribution in [0.1, 0.15) is 56.6 Å². The largest absolute Gasteiger partial charge is 0.493 e. The molecule has 1 aliphatic heterocycles. The van der Waals surface area contributed by atoms with Crippen LogP contribution in [0, 0.1) is 5.92 Å². The summed E-state index contributed by atoms with van der Waals surface area (Å²) < 4.78 is 27.0. The zero-order valence-corrected chi connectivity index (χ0v) is 23.0. The molecule has 9 nitrogen and oxygen atoms in total. The number of hydrogen-bond donors (Lipinski definition) is 0. The van der Waals surface area contributed by atoms with Crippen LogP contribution in [-0.4, -0.2) is 51.4 Å². The Kier molecular flexibility index (Phi) is 8.38. The van der Waals surface area contributed by atoms with Crippen molar-refractivity contribution in [3.05, 3.63) is 58.8 Å². The number of allylic oxidation sites excluding steroid dienone is 2. The first-order valence-corrected chi connectivity index (χ1v) is 12.8. The lowest BCUT2D eigenvalue weighted by Crippen LogP contribution is -2.38. The lowest BCUT2D eigenvalue weighted by molar-refractivity contribution is -0.146. The molecule has 0 aromatic heterocycles. The summed E-state index contributed by atoms with van der Waals surface area (Å²) in [6.45, 7) is 5.03. The van der Waals surface area contributed by atoms with Crippen molar-refractivity contribution in [1.29, 1.82) is 0 Å². The van der Waals surface area contributed by atoms with Gasteiger partial charge < -0.3 is 23.7 Å². The highest BCUT2D eigenvalue weighted by atomic mass is 16.6. The second-order valence-electron chi connectivity index (χ2n) is 9.47. The van der Waals surface area contributed by atoms with E-state index in [4.69, 9.17) is 28.7 Å². The van der Waals surface area contributed by atoms with Gasteiger partial charge in [-0.05, 0) is 61.6 Å². The summed E-state index contributed by atoms with van der Waals surface area (Å²) in [5.41, 5.74) is 3.33. The van der Waals surface area contributed by atoms with Crippen molar-refractivity contribution in [2.75, 3.05) is 27.9 Å². The third-order valence-electron chi connectivity index (χ3n) is 7.11. The summed E-state index contributed by atoms with van der Waals surface area (Å²) in [7, 11) is 4.61. The number of nitrogens with zero attached hydrogens (tertiary/aromatic N) is 1. The number of carbonyl (C=O) groups is 3. The van der Waals surface area contributed by atoms with E-state index in [-0.39, 0.29) is 30.5 Å². The predicted molar refractivity (Wildman–Crippen MR) is 144 cm³/mol. The van der Waals surface area contributed by atoms with Crippen molar-refractivity contribution in [1.82, 2.24) is 0 Å². The van der Waals surface area contributed by atoms with E-state index in [0.29, 0.717) is 46.2 Å². The Morgan fingerprint density at radius 3 is 2.15 bits per heavy atom. The zero-order valence-electron chi connectivity index (χ0n) is 23.0. The molecule has 0 bridgehead atoms. The first kappa shape index (κ1) is 27.9. The van der Waals surface area contributed by atoms with E-state index in [0.717, 1.165) is 5.56 Å². The average Bonchev–Trinajstić information content (AvgIpc) is 2.91. The molecule has 0 saturated heterocycles. The molecular formula is C30H33NO8. The second-order valence-corrected chi connectivity index (χ2v) is 9.47. The Bertz CT molecular complexity index is 1360. The molecular weight excluding hydrogens is 502 g/mol. The molecule has 0 amide bonds. The molecule has 1 aliphatic carbocycles.